The highest BCUT2D eigenvalue weighted by atomic mass is 35.5. The first-order chi connectivity index (χ1) is 17.4. The van der Waals surface area contributed by atoms with E-state index in [4.69, 9.17) is 39.0 Å². The van der Waals surface area contributed by atoms with Gasteiger partial charge >= 0.3 is 5.97 Å². The Balaban J connectivity index is 1.76. The van der Waals surface area contributed by atoms with E-state index < -0.39 is 25.1 Å². The molecule has 3 aromatic rings. The van der Waals surface area contributed by atoms with Crippen molar-refractivity contribution >= 4 is 59.2 Å². The highest BCUT2D eigenvalue weighted by Crippen LogP contribution is 2.40. The zero-order valence-electron chi connectivity index (χ0n) is 21.1. The van der Waals surface area contributed by atoms with Crippen LogP contribution in [0.25, 0.3) is 11.2 Å². The summed E-state index contributed by atoms with van der Waals surface area (Å²) in [5, 5.41) is 6.35. The van der Waals surface area contributed by atoms with Crippen LogP contribution < -0.4 is 15.9 Å². The van der Waals surface area contributed by atoms with Crippen LogP contribution in [0.2, 0.25) is 5.02 Å². The first-order valence-corrected chi connectivity index (χ1v) is 14.3. The van der Waals surface area contributed by atoms with Gasteiger partial charge in [0.15, 0.2) is 11.5 Å². The summed E-state index contributed by atoms with van der Waals surface area (Å²) >= 11 is 11.5. The summed E-state index contributed by atoms with van der Waals surface area (Å²) in [4.78, 5) is 25.3. The molecule has 0 saturated carbocycles. The van der Waals surface area contributed by atoms with Crippen LogP contribution in [0.1, 0.15) is 39.7 Å². The number of esters is 1. The third kappa shape index (κ3) is 7.68. The SMILES string of the molecule is CCCOC(=O)C(C)(C)N[P@](=O)(CO[C@H](C)Cn1cnc2c(N)ncnc21)NC(=S)c1ccc(Cl)cc1. The molecule has 200 valence electrons. The van der Waals surface area contributed by atoms with Crippen molar-refractivity contribution in [2.45, 2.75) is 52.3 Å². The van der Waals surface area contributed by atoms with E-state index in [0.717, 1.165) is 0 Å². The lowest BCUT2D eigenvalue weighted by Crippen LogP contribution is -2.49. The number of carbonyl (C=O) groups is 1. The van der Waals surface area contributed by atoms with Gasteiger partial charge in [0.25, 0.3) is 7.44 Å². The topological polar surface area (TPSA) is 146 Å². The number of hydrogen-bond acceptors (Lipinski definition) is 9. The minimum absolute atomic E-state index is 0.217. The quantitative estimate of drug-likeness (QED) is 0.166. The fourth-order valence-corrected chi connectivity index (χ4v) is 6.19. The van der Waals surface area contributed by atoms with Crippen LogP contribution in [0.15, 0.2) is 36.9 Å². The summed E-state index contributed by atoms with van der Waals surface area (Å²) < 4.78 is 27.1. The van der Waals surface area contributed by atoms with Gasteiger partial charge in [0.05, 0.1) is 25.6 Å². The van der Waals surface area contributed by atoms with E-state index in [1.165, 1.54) is 6.33 Å². The number of aromatic nitrogens is 4. The maximum atomic E-state index is 14.1. The number of nitrogen functional groups attached to an aromatic ring is 1. The molecule has 14 heteroatoms. The van der Waals surface area contributed by atoms with Gasteiger partial charge in [-0.1, -0.05) is 42.9 Å². The number of fused-ring (bicyclic) bond motifs is 1. The van der Waals surface area contributed by atoms with Crippen molar-refractivity contribution in [1.29, 1.82) is 0 Å². The third-order valence-electron chi connectivity index (χ3n) is 5.22. The van der Waals surface area contributed by atoms with Gasteiger partial charge in [-0.25, -0.2) is 20.0 Å². The summed E-state index contributed by atoms with van der Waals surface area (Å²) in [6, 6.07) is 6.78. The maximum Gasteiger partial charge on any atom is 0.326 e. The molecular weight excluding hydrogens is 537 g/mol. The fourth-order valence-electron chi connectivity index (χ4n) is 3.39. The van der Waals surface area contributed by atoms with Crippen LogP contribution in [-0.4, -0.2) is 55.1 Å². The van der Waals surface area contributed by atoms with Crippen molar-refractivity contribution in [3.63, 3.8) is 0 Å². The van der Waals surface area contributed by atoms with Crippen molar-refractivity contribution < 1.29 is 18.8 Å². The molecule has 0 radical (unpaired) electrons. The van der Waals surface area contributed by atoms with Gasteiger partial charge in [-0.05, 0) is 39.3 Å². The average molecular weight is 568 g/mol. The van der Waals surface area contributed by atoms with E-state index in [9.17, 15) is 9.36 Å². The van der Waals surface area contributed by atoms with E-state index in [-0.39, 0.29) is 23.8 Å². The number of imidazole rings is 1. The molecule has 0 fully saturated rings. The number of anilines is 1. The Hall–Kier alpha value is -2.63. The molecule has 0 aliphatic carbocycles. The Labute approximate surface area is 226 Å². The van der Waals surface area contributed by atoms with E-state index in [1.54, 1.807) is 49.0 Å². The lowest BCUT2D eigenvalue weighted by atomic mass is 10.1. The molecule has 0 aliphatic heterocycles. The summed E-state index contributed by atoms with van der Waals surface area (Å²) in [5.74, 6) is -0.257. The standard InChI is InChI=1S/C23H31ClN7O4PS/c1-5-10-34-22(32)23(3,4)30-36(33,29-21(37)16-6-8-17(24)9-7-16)14-35-15(2)11-31-13-28-18-19(25)26-12-27-20(18)31/h6-9,12-13,15H,5,10-11,14H2,1-4H3,(H2,25,26,27)(H2,29,30,33,37)/t15-,36+/m1/s1. The largest absolute Gasteiger partial charge is 0.464 e. The minimum Gasteiger partial charge on any atom is -0.464 e. The number of nitrogens with two attached hydrogens (primary N) is 1. The Kier molecular flexibility index (Phi) is 9.60. The molecule has 0 amide bonds. The van der Waals surface area contributed by atoms with E-state index in [0.29, 0.717) is 34.7 Å². The summed E-state index contributed by atoms with van der Waals surface area (Å²) in [7, 11) is -3.63. The molecule has 4 N–H and O–H groups in total. The molecule has 0 spiro atoms. The molecule has 0 unspecified atom stereocenters. The fraction of sp³-hybridized carbons (Fsp3) is 0.435. The van der Waals surface area contributed by atoms with Gasteiger partial charge in [-0.2, -0.15) is 0 Å². The Bertz CT molecular complexity index is 1300. The molecular formula is C23H31ClN7O4PS. The summed E-state index contributed by atoms with van der Waals surface area (Å²) in [6.45, 7) is 7.51. The molecule has 0 saturated heterocycles. The Morgan fingerprint density at radius 2 is 1.97 bits per heavy atom. The predicted octanol–water partition coefficient (Wildman–Crippen LogP) is 3.90. The third-order valence-corrected chi connectivity index (χ3v) is 7.98. The summed E-state index contributed by atoms with van der Waals surface area (Å²) in [5.41, 5.74) is 6.25. The zero-order chi connectivity index (χ0) is 27.2. The average Bonchev–Trinajstić information content (AvgIpc) is 3.25. The smallest absolute Gasteiger partial charge is 0.326 e. The minimum atomic E-state index is -3.63. The number of thiocarbonyl (C=S) groups is 1. The van der Waals surface area contributed by atoms with Crippen LogP contribution in [0.5, 0.6) is 0 Å². The second-order valence-corrected chi connectivity index (χ2v) is 12.0. The molecule has 0 bridgehead atoms. The maximum absolute atomic E-state index is 14.1. The number of rotatable bonds is 12. The molecule has 2 aromatic heterocycles. The molecule has 0 aliphatic rings. The molecule has 3 rings (SSSR count). The van der Waals surface area contributed by atoms with Crippen molar-refractivity contribution in [2.24, 2.45) is 0 Å². The molecule has 2 atom stereocenters. The van der Waals surface area contributed by atoms with Gasteiger partial charge in [0.1, 0.15) is 28.7 Å². The zero-order valence-corrected chi connectivity index (χ0v) is 23.6. The second-order valence-electron chi connectivity index (χ2n) is 8.99. The van der Waals surface area contributed by atoms with Crippen molar-refractivity contribution in [2.75, 3.05) is 18.7 Å². The van der Waals surface area contributed by atoms with E-state index in [2.05, 4.69) is 25.1 Å². The molecule has 2 heterocycles. The van der Waals surface area contributed by atoms with Gasteiger partial charge in [0.2, 0.25) is 0 Å². The summed E-state index contributed by atoms with van der Waals surface area (Å²) in [6.07, 6.45) is 2.94. The Morgan fingerprint density at radius 3 is 2.65 bits per heavy atom. The number of benzene rings is 1. The normalized spacial score (nSPS) is 14.2. The van der Waals surface area contributed by atoms with Gasteiger partial charge in [-0.3, -0.25) is 9.36 Å². The molecule has 1 aromatic carbocycles. The Morgan fingerprint density at radius 1 is 1.27 bits per heavy atom. The highest BCUT2D eigenvalue weighted by Gasteiger charge is 2.38. The van der Waals surface area contributed by atoms with Gasteiger partial charge < -0.3 is 24.9 Å². The van der Waals surface area contributed by atoms with E-state index >= 15 is 0 Å². The number of nitrogens with zero attached hydrogens (tertiary/aromatic N) is 4. The molecule has 11 nitrogen and oxygen atoms in total. The predicted molar refractivity (Wildman–Crippen MR) is 148 cm³/mol. The van der Waals surface area contributed by atoms with Crippen molar-refractivity contribution in [1.82, 2.24) is 29.7 Å². The lowest BCUT2D eigenvalue weighted by Gasteiger charge is -2.31. The molecule has 37 heavy (non-hydrogen) atoms. The van der Waals surface area contributed by atoms with Gasteiger partial charge in [-0.15, -0.1) is 0 Å². The number of hydrogen-bond donors (Lipinski definition) is 3. The van der Waals surface area contributed by atoms with Crippen molar-refractivity contribution in [3.8, 4) is 0 Å². The van der Waals surface area contributed by atoms with Crippen LogP contribution in [0.4, 0.5) is 5.82 Å². The second kappa shape index (κ2) is 12.3. The van der Waals surface area contributed by atoms with Crippen LogP contribution in [0.3, 0.4) is 0 Å². The lowest BCUT2D eigenvalue weighted by molar-refractivity contribution is -0.149. The monoisotopic (exact) mass is 567 g/mol. The number of nitrogens with one attached hydrogen (secondary N) is 2. The van der Waals surface area contributed by atoms with Gasteiger partial charge in [0, 0.05) is 10.6 Å². The van der Waals surface area contributed by atoms with Crippen LogP contribution in [0, 0.1) is 0 Å². The highest BCUT2D eigenvalue weighted by molar-refractivity contribution is 7.81. The van der Waals surface area contributed by atoms with Crippen LogP contribution in [-0.2, 0) is 25.4 Å². The first kappa shape index (κ1) is 28.9. The first-order valence-electron chi connectivity index (χ1n) is 11.6. The number of carbonyl (C=O) groups excluding carboxylic acids is 1. The van der Waals surface area contributed by atoms with Crippen molar-refractivity contribution in [3.05, 3.63) is 47.5 Å². The van der Waals surface area contributed by atoms with E-state index in [1.807, 2.05) is 13.8 Å². The number of halogens is 1. The van der Waals surface area contributed by atoms with Crippen LogP contribution >= 0.6 is 31.3 Å². The number of ether oxygens (including phenoxy) is 2.